The Balaban J connectivity index is 0.937. The van der Waals surface area contributed by atoms with Crippen LogP contribution < -0.4 is 0 Å². The molecular weight excluding hydrogens is 772 g/mol. The van der Waals surface area contributed by atoms with E-state index in [4.69, 9.17) is 42.6 Å². The largest absolute Gasteiger partial charge is 0.393 e. The molecule has 6 aliphatic heterocycles. The SMILES string of the molecule is CC1OC(OC2CC(O)CC3=CCC4C5CC6OC7(CC[C@@H](C)CO7)[C@@H](C)C6[C@@]5(C)CCC4[C@]32C)C(OC2OC3OC3C(O)C2O)C(OC2OCC(O)C(O)C2O)C1O. The molecule has 334 valence electrons. The number of hydrogen-bond donors (Lipinski definition) is 7. The molecule has 10 aliphatic rings. The van der Waals surface area contributed by atoms with Crippen LogP contribution in [0.3, 0.4) is 0 Å². The Bertz CT molecular complexity index is 1590. The van der Waals surface area contributed by atoms with Crippen molar-refractivity contribution in [3.63, 3.8) is 0 Å². The van der Waals surface area contributed by atoms with Gasteiger partial charge in [-0.1, -0.05) is 39.3 Å². The van der Waals surface area contributed by atoms with Crippen molar-refractivity contribution in [2.75, 3.05) is 13.2 Å². The lowest BCUT2D eigenvalue weighted by Crippen LogP contribution is -2.65. The maximum absolute atomic E-state index is 11.6. The molecule has 9 fully saturated rings. The fourth-order valence-electron chi connectivity index (χ4n) is 13.8. The van der Waals surface area contributed by atoms with Gasteiger partial charge in [-0.25, -0.2) is 0 Å². The summed E-state index contributed by atoms with van der Waals surface area (Å²) in [5.41, 5.74) is 0.736. The second kappa shape index (κ2) is 15.1. The lowest BCUT2D eigenvalue weighted by molar-refractivity contribution is -0.384. The number of aliphatic hydroxyl groups excluding tert-OH is 7. The molecule has 0 aromatic carbocycles. The van der Waals surface area contributed by atoms with Crippen LogP contribution in [-0.4, -0.2) is 159 Å². The molecule has 6 saturated heterocycles. The third kappa shape index (κ3) is 6.60. The van der Waals surface area contributed by atoms with Crippen LogP contribution in [0.5, 0.6) is 0 Å². The summed E-state index contributed by atoms with van der Waals surface area (Å²) in [5.74, 6) is 1.76. The van der Waals surface area contributed by atoms with E-state index in [9.17, 15) is 35.7 Å². The van der Waals surface area contributed by atoms with E-state index in [1.54, 1.807) is 6.92 Å². The monoisotopic (exact) mass is 838 g/mol. The third-order valence-corrected chi connectivity index (χ3v) is 17.2. The van der Waals surface area contributed by atoms with Gasteiger partial charge in [-0.05, 0) is 80.5 Å². The van der Waals surface area contributed by atoms with E-state index in [1.807, 2.05) is 0 Å². The average Bonchev–Trinajstić information content (AvgIpc) is 3.85. The van der Waals surface area contributed by atoms with E-state index < -0.39 is 110 Å². The highest BCUT2D eigenvalue weighted by molar-refractivity contribution is 5.29. The van der Waals surface area contributed by atoms with Crippen LogP contribution in [0.4, 0.5) is 0 Å². The first-order valence-corrected chi connectivity index (χ1v) is 22.4. The fourth-order valence-corrected chi connectivity index (χ4v) is 13.8. The van der Waals surface area contributed by atoms with Crippen LogP contribution in [0.1, 0.15) is 86.0 Å². The van der Waals surface area contributed by atoms with E-state index in [-0.39, 0.29) is 24.0 Å². The van der Waals surface area contributed by atoms with Crippen LogP contribution in [0, 0.1) is 46.3 Å². The maximum atomic E-state index is 11.6. The first kappa shape index (κ1) is 42.1. The van der Waals surface area contributed by atoms with Gasteiger partial charge >= 0.3 is 0 Å². The number of hydrogen-bond acceptors (Lipinski definition) is 16. The number of fused-ring (bicyclic) bond motifs is 8. The molecule has 0 aromatic heterocycles. The highest BCUT2D eigenvalue weighted by Gasteiger charge is 2.70. The predicted molar refractivity (Wildman–Crippen MR) is 201 cm³/mol. The minimum Gasteiger partial charge on any atom is -0.393 e. The van der Waals surface area contributed by atoms with Gasteiger partial charge in [0.25, 0.3) is 0 Å². The van der Waals surface area contributed by atoms with E-state index in [1.165, 1.54) is 0 Å². The molecule has 0 bridgehead atoms. The molecule has 7 N–H and O–H groups in total. The number of aliphatic hydroxyl groups is 7. The zero-order chi connectivity index (χ0) is 41.5. The Kier molecular flexibility index (Phi) is 10.8. The molecule has 0 aromatic rings. The van der Waals surface area contributed by atoms with Gasteiger partial charge in [-0.15, -0.1) is 0 Å². The maximum Gasteiger partial charge on any atom is 0.190 e. The van der Waals surface area contributed by atoms with E-state index in [0.29, 0.717) is 42.4 Å². The summed E-state index contributed by atoms with van der Waals surface area (Å²) in [6.07, 6.45) is -10.1. The van der Waals surface area contributed by atoms with Gasteiger partial charge in [-0.2, -0.15) is 0 Å². The number of rotatable bonds is 6. The van der Waals surface area contributed by atoms with Gasteiger partial charge in [-0.3, -0.25) is 0 Å². The Labute approximate surface area is 345 Å². The van der Waals surface area contributed by atoms with E-state index in [0.717, 1.165) is 50.7 Å². The zero-order valence-electron chi connectivity index (χ0n) is 34.7. The standard InChI is InChI=1S/C43H66O16/c1-17-8-11-43(52-15-17)18(2)28-26(59-43)14-24-22-7-6-20-12-21(44)13-27(42(20,5)23(22)9-10-41(24,28)4)54-40-36(57-38-33(50)31(48)35-39(56-35)58-38)34(29(46)19(3)53-40)55-37-32(49)30(47)25(45)16-51-37/h6,17-19,21-40,44-50H,7-16H2,1-5H3/t17-,18+,19?,21?,22?,23?,24?,25?,26?,27?,28?,29?,30?,31?,32?,33?,34?,35?,36?,37?,38?,39?,40?,41+,42+,43?/m1/s1. The molecular formula is C43H66O16. The predicted octanol–water partition coefficient (Wildman–Crippen LogP) is 0.827. The van der Waals surface area contributed by atoms with E-state index >= 15 is 0 Å². The van der Waals surface area contributed by atoms with Gasteiger partial charge in [0.05, 0.1) is 37.6 Å². The van der Waals surface area contributed by atoms with Crippen molar-refractivity contribution < 1.29 is 78.4 Å². The zero-order valence-corrected chi connectivity index (χ0v) is 34.7. The highest BCUT2D eigenvalue weighted by Crippen LogP contribution is 2.71. The Hall–Kier alpha value is -0.900. The van der Waals surface area contributed by atoms with Crippen molar-refractivity contribution in [3.05, 3.63) is 11.6 Å². The van der Waals surface area contributed by atoms with Crippen molar-refractivity contribution in [2.24, 2.45) is 46.3 Å². The van der Waals surface area contributed by atoms with Crippen molar-refractivity contribution in [2.45, 2.75) is 196 Å². The van der Waals surface area contributed by atoms with Crippen molar-refractivity contribution >= 4 is 0 Å². The minimum absolute atomic E-state index is 0.0833. The molecule has 6 heterocycles. The molecule has 10 rings (SSSR count). The molecule has 3 saturated carbocycles. The van der Waals surface area contributed by atoms with Crippen LogP contribution >= 0.6 is 0 Å². The second-order valence-electron chi connectivity index (χ2n) is 20.5. The van der Waals surface area contributed by atoms with Crippen molar-refractivity contribution in [1.82, 2.24) is 0 Å². The van der Waals surface area contributed by atoms with Gasteiger partial charge in [0.15, 0.2) is 30.9 Å². The first-order chi connectivity index (χ1) is 28.0. The molecule has 0 amide bonds. The van der Waals surface area contributed by atoms with Crippen LogP contribution in [0.2, 0.25) is 0 Å². The quantitative estimate of drug-likeness (QED) is 0.145. The summed E-state index contributed by atoms with van der Waals surface area (Å²) < 4.78 is 56.5. The summed E-state index contributed by atoms with van der Waals surface area (Å²) in [7, 11) is 0. The van der Waals surface area contributed by atoms with Crippen LogP contribution in [-0.2, 0) is 42.6 Å². The Morgan fingerprint density at radius 1 is 0.729 bits per heavy atom. The Morgan fingerprint density at radius 2 is 1.49 bits per heavy atom. The molecule has 16 nitrogen and oxygen atoms in total. The van der Waals surface area contributed by atoms with Crippen LogP contribution in [0.25, 0.3) is 0 Å². The lowest BCUT2D eigenvalue weighted by Gasteiger charge is -2.60. The summed E-state index contributed by atoms with van der Waals surface area (Å²) in [4.78, 5) is 0. The summed E-state index contributed by atoms with van der Waals surface area (Å²) >= 11 is 0. The normalized spacial score (nSPS) is 60.5. The van der Waals surface area contributed by atoms with E-state index in [2.05, 4.69) is 33.8 Å². The van der Waals surface area contributed by atoms with Gasteiger partial charge < -0.3 is 78.4 Å². The second-order valence-corrected chi connectivity index (χ2v) is 20.5. The topological polar surface area (TPSA) is 228 Å². The van der Waals surface area contributed by atoms with Crippen LogP contribution in [0.15, 0.2) is 11.6 Å². The summed E-state index contributed by atoms with van der Waals surface area (Å²) in [5, 5.41) is 76.3. The minimum atomic E-state index is -1.67. The first-order valence-electron chi connectivity index (χ1n) is 22.4. The van der Waals surface area contributed by atoms with Gasteiger partial charge in [0.2, 0.25) is 0 Å². The molecule has 59 heavy (non-hydrogen) atoms. The smallest absolute Gasteiger partial charge is 0.190 e. The number of ether oxygens (including phenoxy) is 9. The number of epoxide rings is 1. The molecule has 0 radical (unpaired) electrons. The van der Waals surface area contributed by atoms with Gasteiger partial charge in [0, 0.05) is 24.2 Å². The molecule has 1 spiro atoms. The van der Waals surface area contributed by atoms with Crippen molar-refractivity contribution in [1.29, 1.82) is 0 Å². The summed E-state index contributed by atoms with van der Waals surface area (Å²) in [6.45, 7) is 11.4. The lowest BCUT2D eigenvalue weighted by atomic mass is 9.46. The molecule has 16 heteroatoms. The third-order valence-electron chi connectivity index (χ3n) is 17.2. The summed E-state index contributed by atoms with van der Waals surface area (Å²) in [6, 6.07) is 0. The fraction of sp³-hybridized carbons (Fsp3) is 0.953. The number of allylic oxidation sites excluding steroid dienone is 1. The Morgan fingerprint density at radius 3 is 2.25 bits per heavy atom. The average molecular weight is 839 g/mol. The molecule has 26 atom stereocenters. The highest BCUT2D eigenvalue weighted by atomic mass is 16.8. The molecule has 4 aliphatic carbocycles. The van der Waals surface area contributed by atoms with Crippen molar-refractivity contribution in [3.8, 4) is 0 Å². The molecule has 22 unspecified atom stereocenters. The van der Waals surface area contributed by atoms with Gasteiger partial charge in [0.1, 0.15) is 54.9 Å².